The van der Waals surface area contributed by atoms with Crippen LogP contribution in [0.2, 0.25) is 0 Å². The quantitative estimate of drug-likeness (QED) is 0.632. The number of ether oxygens (including phenoxy) is 1. The molecule has 0 unspecified atom stereocenters. The van der Waals surface area contributed by atoms with Gasteiger partial charge in [0, 0.05) is 23.3 Å². The van der Waals surface area contributed by atoms with Gasteiger partial charge in [0.1, 0.15) is 16.6 Å². The highest BCUT2D eigenvalue weighted by molar-refractivity contribution is 7.15. The lowest BCUT2D eigenvalue weighted by atomic mass is 10.1. The molecule has 1 amide bonds. The Morgan fingerprint density at radius 2 is 1.86 bits per heavy atom. The van der Waals surface area contributed by atoms with Crippen molar-refractivity contribution in [3.8, 4) is 5.00 Å². The molecule has 0 saturated carbocycles. The van der Waals surface area contributed by atoms with Crippen molar-refractivity contribution in [2.24, 2.45) is 0 Å². The van der Waals surface area contributed by atoms with Crippen molar-refractivity contribution < 1.29 is 23.1 Å². The van der Waals surface area contributed by atoms with Crippen LogP contribution >= 0.6 is 11.3 Å². The van der Waals surface area contributed by atoms with Gasteiger partial charge >= 0.3 is 5.97 Å². The SMILES string of the molecule is Cc1sc(-n2cccc2)c(C(=O)O[C@H](C)C(=O)Nc2cc(F)ccc2F)c1C. The van der Waals surface area contributed by atoms with Gasteiger partial charge in [0.25, 0.3) is 5.91 Å². The molecule has 1 aromatic carbocycles. The number of carbonyl (C=O) groups is 2. The number of esters is 1. The average molecular weight is 404 g/mol. The first-order valence-electron chi connectivity index (χ1n) is 8.48. The topological polar surface area (TPSA) is 60.3 Å². The number of nitrogens with one attached hydrogen (secondary N) is 1. The highest BCUT2D eigenvalue weighted by Gasteiger charge is 2.26. The van der Waals surface area contributed by atoms with Gasteiger partial charge in [-0.25, -0.2) is 13.6 Å². The lowest BCUT2D eigenvalue weighted by Gasteiger charge is -2.15. The molecule has 3 rings (SSSR count). The molecule has 146 valence electrons. The van der Waals surface area contributed by atoms with Gasteiger partial charge in [-0.3, -0.25) is 4.79 Å². The molecule has 0 aliphatic carbocycles. The maximum atomic E-state index is 13.7. The Morgan fingerprint density at radius 1 is 1.18 bits per heavy atom. The van der Waals surface area contributed by atoms with Crippen molar-refractivity contribution in [2.45, 2.75) is 26.9 Å². The Balaban J connectivity index is 1.78. The fraction of sp³-hybridized carbons (Fsp3) is 0.200. The predicted molar refractivity (Wildman–Crippen MR) is 103 cm³/mol. The van der Waals surface area contributed by atoms with Crippen LogP contribution in [0.15, 0.2) is 42.7 Å². The van der Waals surface area contributed by atoms with Gasteiger partial charge in [-0.05, 0) is 50.6 Å². The van der Waals surface area contributed by atoms with E-state index >= 15 is 0 Å². The molecule has 0 radical (unpaired) electrons. The number of rotatable bonds is 5. The average Bonchev–Trinajstić information content (AvgIpc) is 3.27. The van der Waals surface area contributed by atoms with Gasteiger partial charge < -0.3 is 14.6 Å². The molecule has 0 spiro atoms. The third-order valence-corrected chi connectivity index (χ3v) is 5.47. The molecule has 0 aliphatic heterocycles. The summed E-state index contributed by atoms with van der Waals surface area (Å²) in [5.74, 6) is -2.90. The Bertz CT molecular complexity index is 1030. The van der Waals surface area contributed by atoms with Crippen molar-refractivity contribution in [3.63, 3.8) is 0 Å². The van der Waals surface area contributed by atoms with Crippen molar-refractivity contribution in [1.82, 2.24) is 4.57 Å². The van der Waals surface area contributed by atoms with Crippen LogP contribution in [0.1, 0.15) is 27.7 Å². The molecule has 0 aliphatic rings. The predicted octanol–water partition coefficient (Wildman–Crippen LogP) is 4.62. The van der Waals surface area contributed by atoms with E-state index in [4.69, 9.17) is 4.74 Å². The zero-order chi connectivity index (χ0) is 20.4. The van der Waals surface area contributed by atoms with Gasteiger partial charge in [0.15, 0.2) is 6.10 Å². The smallest absolute Gasteiger partial charge is 0.342 e. The number of benzene rings is 1. The first-order valence-corrected chi connectivity index (χ1v) is 9.29. The minimum atomic E-state index is -1.20. The molecule has 2 heterocycles. The molecule has 0 saturated heterocycles. The van der Waals surface area contributed by atoms with Crippen molar-refractivity contribution in [2.75, 3.05) is 5.32 Å². The Labute approximate surface area is 164 Å². The van der Waals surface area contributed by atoms with Crippen LogP contribution < -0.4 is 5.32 Å². The number of carbonyl (C=O) groups excluding carboxylic acids is 2. The number of nitrogens with zero attached hydrogens (tertiary/aromatic N) is 1. The highest BCUT2D eigenvalue weighted by Crippen LogP contribution is 2.31. The number of hydrogen-bond acceptors (Lipinski definition) is 4. The van der Waals surface area contributed by atoms with Gasteiger partial charge in [0.05, 0.1) is 11.3 Å². The lowest BCUT2D eigenvalue weighted by Crippen LogP contribution is -2.30. The Morgan fingerprint density at radius 3 is 2.54 bits per heavy atom. The van der Waals surface area contributed by atoms with Gasteiger partial charge in [-0.15, -0.1) is 11.3 Å². The monoisotopic (exact) mass is 404 g/mol. The number of amides is 1. The molecular formula is C20H18F2N2O3S. The summed E-state index contributed by atoms with van der Waals surface area (Å²) in [6, 6.07) is 6.38. The molecule has 3 aromatic rings. The number of hydrogen-bond donors (Lipinski definition) is 1. The molecule has 2 aromatic heterocycles. The van der Waals surface area contributed by atoms with Crippen LogP contribution in [0.3, 0.4) is 0 Å². The summed E-state index contributed by atoms with van der Waals surface area (Å²) in [6.07, 6.45) is 2.42. The first-order chi connectivity index (χ1) is 13.3. The second kappa shape index (κ2) is 7.93. The molecule has 28 heavy (non-hydrogen) atoms. The highest BCUT2D eigenvalue weighted by atomic mass is 32.1. The normalized spacial score (nSPS) is 11.9. The van der Waals surface area contributed by atoms with E-state index in [0.717, 1.165) is 28.6 Å². The van der Waals surface area contributed by atoms with Crippen LogP contribution in [0, 0.1) is 25.5 Å². The number of aromatic nitrogens is 1. The largest absolute Gasteiger partial charge is 0.449 e. The number of aryl methyl sites for hydroxylation is 1. The standard InChI is InChI=1S/C20H18F2N2O3S/c1-11-13(3)28-19(24-8-4-5-9-24)17(11)20(26)27-12(2)18(25)23-16-10-14(21)6-7-15(16)22/h4-10,12H,1-3H3,(H,23,25)/t12-/m1/s1. The second-order valence-corrected chi connectivity index (χ2v) is 7.42. The van der Waals surface area contributed by atoms with Crippen LogP contribution in [0.5, 0.6) is 0 Å². The summed E-state index contributed by atoms with van der Waals surface area (Å²) in [6.45, 7) is 5.07. The number of halogens is 2. The molecule has 0 fully saturated rings. The summed E-state index contributed by atoms with van der Waals surface area (Å²) >= 11 is 1.44. The van der Waals surface area contributed by atoms with Crippen LogP contribution in [0.25, 0.3) is 5.00 Å². The minimum Gasteiger partial charge on any atom is -0.449 e. The summed E-state index contributed by atoms with van der Waals surface area (Å²) in [7, 11) is 0. The van der Waals surface area contributed by atoms with E-state index in [1.807, 2.05) is 38.4 Å². The fourth-order valence-corrected chi connectivity index (χ4v) is 3.71. The van der Waals surface area contributed by atoms with Gasteiger partial charge in [0.2, 0.25) is 0 Å². The summed E-state index contributed by atoms with van der Waals surface area (Å²) < 4.78 is 34.0. The first kappa shape index (κ1) is 19.8. The van der Waals surface area contributed by atoms with Crippen molar-refractivity contribution in [1.29, 1.82) is 0 Å². The Kier molecular flexibility index (Phi) is 5.60. The summed E-state index contributed by atoms with van der Waals surface area (Å²) in [5.41, 5.74) is 0.821. The minimum absolute atomic E-state index is 0.316. The van der Waals surface area contributed by atoms with Crippen molar-refractivity contribution in [3.05, 3.63) is 70.4 Å². The lowest BCUT2D eigenvalue weighted by molar-refractivity contribution is -0.123. The van der Waals surface area contributed by atoms with E-state index in [1.54, 1.807) is 4.57 Å². The zero-order valence-electron chi connectivity index (χ0n) is 15.5. The van der Waals surface area contributed by atoms with Crippen molar-refractivity contribution >= 4 is 28.9 Å². The van der Waals surface area contributed by atoms with E-state index < -0.39 is 29.6 Å². The number of thiophene rings is 1. The van der Waals surface area contributed by atoms with E-state index in [1.165, 1.54) is 18.3 Å². The van der Waals surface area contributed by atoms with Gasteiger partial charge in [-0.1, -0.05) is 0 Å². The third-order valence-electron chi connectivity index (χ3n) is 4.25. The van der Waals surface area contributed by atoms with Gasteiger partial charge in [-0.2, -0.15) is 0 Å². The molecule has 1 N–H and O–H groups in total. The Hall–Kier alpha value is -3.00. The second-order valence-electron chi connectivity index (χ2n) is 6.21. The van der Waals surface area contributed by atoms with Crippen LogP contribution in [0.4, 0.5) is 14.5 Å². The summed E-state index contributed by atoms with van der Waals surface area (Å²) in [5, 5.41) is 2.92. The maximum absolute atomic E-state index is 13.7. The van der Waals surface area contributed by atoms with Crippen LogP contribution in [-0.4, -0.2) is 22.5 Å². The molecule has 1 atom stereocenters. The maximum Gasteiger partial charge on any atom is 0.342 e. The zero-order valence-corrected chi connectivity index (χ0v) is 16.3. The molecule has 8 heteroatoms. The molecule has 0 bridgehead atoms. The molecule has 5 nitrogen and oxygen atoms in total. The van der Waals surface area contributed by atoms with E-state index in [2.05, 4.69) is 5.32 Å². The van der Waals surface area contributed by atoms with E-state index in [-0.39, 0.29) is 5.69 Å². The number of anilines is 1. The van der Waals surface area contributed by atoms with E-state index in [9.17, 15) is 18.4 Å². The summed E-state index contributed by atoms with van der Waals surface area (Å²) in [4.78, 5) is 26.0. The van der Waals surface area contributed by atoms with E-state index in [0.29, 0.717) is 10.6 Å². The fourth-order valence-electron chi connectivity index (χ4n) is 2.60. The molecular weight excluding hydrogens is 386 g/mol. The van der Waals surface area contributed by atoms with Crippen LogP contribution in [-0.2, 0) is 9.53 Å². The third kappa shape index (κ3) is 3.96.